The number of anilines is 1. The summed E-state index contributed by atoms with van der Waals surface area (Å²) in [4.78, 5) is 4.49. The van der Waals surface area contributed by atoms with Gasteiger partial charge in [0.15, 0.2) is 0 Å². The molecule has 4 aromatic rings. The minimum absolute atomic E-state index is 0.604. The topological polar surface area (TPSA) is 72.9 Å². The molecular weight excluding hydrogens is 314 g/mol. The molecule has 0 atom stereocenters. The summed E-state index contributed by atoms with van der Waals surface area (Å²) in [5.41, 5.74) is 4.94. The van der Waals surface area contributed by atoms with E-state index < -0.39 is 0 Å². The third-order valence-corrected chi connectivity index (χ3v) is 4.35. The Hall–Kier alpha value is -3.22. The van der Waals surface area contributed by atoms with Gasteiger partial charge in [-0.25, -0.2) is 4.98 Å². The normalized spacial score (nSPS) is 11.1. The van der Waals surface area contributed by atoms with Crippen molar-refractivity contribution >= 4 is 11.3 Å². The van der Waals surface area contributed by atoms with Crippen LogP contribution in [0.3, 0.4) is 0 Å². The van der Waals surface area contributed by atoms with Crippen molar-refractivity contribution < 1.29 is 0 Å². The molecule has 25 heavy (non-hydrogen) atoms. The molecule has 0 aliphatic rings. The Labute approximate surface area is 145 Å². The van der Waals surface area contributed by atoms with Crippen LogP contribution in [0, 0.1) is 13.8 Å². The zero-order chi connectivity index (χ0) is 17.2. The fraction of sp³-hybridized carbons (Fsp3) is 0.222. The lowest BCUT2D eigenvalue weighted by molar-refractivity contribution is 0.735. The predicted molar refractivity (Wildman–Crippen MR) is 95.4 cm³/mol. The number of aromatic nitrogens is 6. The minimum atomic E-state index is 0.604. The van der Waals surface area contributed by atoms with E-state index in [0.29, 0.717) is 6.54 Å². The number of rotatable bonds is 5. The monoisotopic (exact) mass is 333 g/mol. The third-order valence-electron chi connectivity index (χ3n) is 4.35. The molecule has 0 aliphatic heterocycles. The lowest BCUT2D eigenvalue weighted by atomic mass is 10.2. The van der Waals surface area contributed by atoms with Crippen LogP contribution in [0.15, 0.2) is 49.1 Å². The minimum Gasteiger partial charge on any atom is -0.374 e. The van der Waals surface area contributed by atoms with E-state index in [1.165, 1.54) is 5.56 Å². The Balaban J connectivity index is 1.58. The van der Waals surface area contributed by atoms with Crippen molar-refractivity contribution in [2.45, 2.75) is 26.9 Å². The first-order valence-corrected chi connectivity index (χ1v) is 8.17. The van der Waals surface area contributed by atoms with Gasteiger partial charge < -0.3 is 9.88 Å². The average Bonchev–Trinajstić information content (AvgIpc) is 3.25. The zero-order valence-corrected chi connectivity index (χ0v) is 14.2. The summed E-state index contributed by atoms with van der Waals surface area (Å²) in [5, 5.41) is 16.0. The van der Waals surface area contributed by atoms with Gasteiger partial charge in [0, 0.05) is 18.9 Å². The molecule has 7 nitrogen and oxygen atoms in total. The average molecular weight is 333 g/mol. The molecule has 126 valence electrons. The lowest BCUT2D eigenvalue weighted by Crippen LogP contribution is -2.12. The molecule has 0 fully saturated rings. The number of imidazole rings is 1. The fourth-order valence-electron chi connectivity index (χ4n) is 2.86. The Morgan fingerprint density at radius 3 is 2.80 bits per heavy atom. The van der Waals surface area contributed by atoms with Gasteiger partial charge in [-0.3, -0.25) is 0 Å². The van der Waals surface area contributed by atoms with Gasteiger partial charge in [0.25, 0.3) is 0 Å². The first kappa shape index (κ1) is 15.3. The number of benzene rings is 1. The van der Waals surface area contributed by atoms with Crippen LogP contribution in [-0.2, 0) is 13.1 Å². The SMILES string of the molecule is Cc1nn2cnnc2c(NCc2nccn2Cc2ccccc2)c1C. The number of hydrogen-bond acceptors (Lipinski definition) is 5. The number of hydrogen-bond donors (Lipinski definition) is 1. The van der Waals surface area contributed by atoms with Crippen LogP contribution in [0.1, 0.15) is 22.6 Å². The second kappa shape index (κ2) is 6.35. The van der Waals surface area contributed by atoms with Crippen LogP contribution in [0.4, 0.5) is 5.69 Å². The van der Waals surface area contributed by atoms with E-state index in [2.05, 4.69) is 54.4 Å². The summed E-state index contributed by atoms with van der Waals surface area (Å²) in [6, 6.07) is 10.4. The van der Waals surface area contributed by atoms with Crippen molar-refractivity contribution in [3.63, 3.8) is 0 Å². The summed E-state index contributed by atoms with van der Waals surface area (Å²) in [6.07, 6.45) is 5.45. The second-order valence-electron chi connectivity index (χ2n) is 6.00. The van der Waals surface area contributed by atoms with Gasteiger partial charge in [0.2, 0.25) is 5.65 Å². The summed E-state index contributed by atoms with van der Waals surface area (Å²) >= 11 is 0. The summed E-state index contributed by atoms with van der Waals surface area (Å²) in [6.45, 7) is 5.42. The molecule has 3 heterocycles. The van der Waals surface area contributed by atoms with Crippen LogP contribution in [-0.4, -0.2) is 29.4 Å². The molecule has 0 saturated heterocycles. The van der Waals surface area contributed by atoms with Crippen LogP contribution < -0.4 is 5.32 Å². The Morgan fingerprint density at radius 2 is 1.96 bits per heavy atom. The van der Waals surface area contributed by atoms with Crippen molar-refractivity contribution in [3.8, 4) is 0 Å². The Kier molecular flexibility index (Phi) is 3.89. The number of aryl methyl sites for hydroxylation is 1. The predicted octanol–water partition coefficient (Wildman–Crippen LogP) is 2.60. The quantitative estimate of drug-likeness (QED) is 0.608. The first-order chi connectivity index (χ1) is 12.2. The molecule has 0 amide bonds. The second-order valence-corrected chi connectivity index (χ2v) is 6.00. The maximum atomic E-state index is 4.49. The van der Waals surface area contributed by atoms with E-state index in [1.807, 2.05) is 32.3 Å². The number of nitrogens with one attached hydrogen (secondary N) is 1. The van der Waals surface area contributed by atoms with Gasteiger partial charge in [0.1, 0.15) is 12.2 Å². The van der Waals surface area contributed by atoms with Crippen LogP contribution in [0.25, 0.3) is 5.65 Å². The maximum absolute atomic E-state index is 4.49. The molecule has 7 heteroatoms. The highest BCUT2D eigenvalue weighted by molar-refractivity contribution is 5.71. The highest BCUT2D eigenvalue weighted by Crippen LogP contribution is 2.22. The smallest absolute Gasteiger partial charge is 0.200 e. The summed E-state index contributed by atoms with van der Waals surface area (Å²) in [5.74, 6) is 0.968. The van der Waals surface area contributed by atoms with E-state index in [1.54, 1.807) is 10.8 Å². The first-order valence-electron chi connectivity index (χ1n) is 8.17. The molecule has 0 radical (unpaired) electrons. The van der Waals surface area contributed by atoms with Crippen molar-refractivity contribution in [2.75, 3.05) is 5.32 Å². The van der Waals surface area contributed by atoms with E-state index in [9.17, 15) is 0 Å². The van der Waals surface area contributed by atoms with E-state index in [0.717, 1.165) is 35.0 Å². The molecule has 0 bridgehead atoms. The van der Waals surface area contributed by atoms with Crippen molar-refractivity contribution in [1.82, 2.24) is 29.4 Å². The summed E-state index contributed by atoms with van der Waals surface area (Å²) < 4.78 is 3.84. The highest BCUT2D eigenvalue weighted by Gasteiger charge is 2.12. The molecule has 4 rings (SSSR count). The highest BCUT2D eigenvalue weighted by atomic mass is 15.3. The number of nitrogens with zero attached hydrogens (tertiary/aromatic N) is 6. The van der Waals surface area contributed by atoms with E-state index in [4.69, 9.17) is 0 Å². The number of fused-ring (bicyclic) bond motifs is 1. The molecule has 1 aromatic carbocycles. The van der Waals surface area contributed by atoms with Crippen LogP contribution >= 0.6 is 0 Å². The van der Waals surface area contributed by atoms with Gasteiger partial charge in [-0.1, -0.05) is 30.3 Å². The lowest BCUT2D eigenvalue weighted by Gasteiger charge is -2.13. The molecule has 1 N–H and O–H groups in total. The van der Waals surface area contributed by atoms with Crippen molar-refractivity contribution in [1.29, 1.82) is 0 Å². The van der Waals surface area contributed by atoms with E-state index in [-0.39, 0.29) is 0 Å². The Morgan fingerprint density at radius 1 is 1.12 bits per heavy atom. The fourth-order valence-corrected chi connectivity index (χ4v) is 2.86. The summed E-state index contributed by atoms with van der Waals surface area (Å²) in [7, 11) is 0. The van der Waals surface area contributed by atoms with E-state index >= 15 is 0 Å². The standard InChI is InChI=1S/C18H19N7/c1-13-14(2)23-25-12-21-22-18(25)17(13)20-10-16-19-8-9-24(16)11-15-6-4-3-5-7-15/h3-9,12,20H,10-11H2,1-2H3. The van der Waals surface area contributed by atoms with Crippen molar-refractivity contribution in [3.05, 3.63) is 71.7 Å². The molecule has 0 unspecified atom stereocenters. The van der Waals surface area contributed by atoms with Gasteiger partial charge in [0.05, 0.1) is 17.9 Å². The van der Waals surface area contributed by atoms with Crippen LogP contribution in [0.2, 0.25) is 0 Å². The maximum Gasteiger partial charge on any atom is 0.200 e. The molecular formula is C18H19N7. The largest absolute Gasteiger partial charge is 0.374 e. The Bertz CT molecular complexity index is 1000. The molecule has 0 aliphatic carbocycles. The van der Waals surface area contributed by atoms with Gasteiger partial charge in [-0.2, -0.15) is 9.61 Å². The van der Waals surface area contributed by atoms with Gasteiger partial charge in [-0.05, 0) is 25.0 Å². The third kappa shape index (κ3) is 2.96. The molecule has 3 aromatic heterocycles. The molecule has 0 spiro atoms. The molecule has 0 saturated carbocycles. The van der Waals surface area contributed by atoms with Gasteiger partial charge >= 0.3 is 0 Å². The van der Waals surface area contributed by atoms with Gasteiger partial charge in [-0.15, -0.1) is 10.2 Å². The van der Waals surface area contributed by atoms with Crippen molar-refractivity contribution in [2.24, 2.45) is 0 Å². The zero-order valence-electron chi connectivity index (χ0n) is 14.2. The van der Waals surface area contributed by atoms with Crippen LogP contribution in [0.5, 0.6) is 0 Å².